The van der Waals surface area contributed by atoms with Gasteiger partial charge in [0.25, 0.3) is 5.91 Å². The average molecular weight is 334 g/mol. The standard InChI is InChI=1S/C16H18N2O6/c1-4-17-16(21)18-13(19)8-23-15(20)14-9(2)11-7-10(22-3)5-6-12(11)24-14/h5-7H,4,8H2,1-3H3,(H2,17,18,19,21). The van der Waals surface area contributed by atoms with Gasteiger partial charge in [0.05, 0.1) is 7.11 Å². The van der Waals surface area contributed by atoms with Crippen LogP contribution in [0.2, 0.25) is 0 Å². The third-order valence-corrected chi connectivity index (χ3v) is 3.25. The number of carbonyl (C=O) groups excluding carboxylic acids is 3. The molecule has 1 aromatic carbocycles. The number of hydrogen-bond acceptors (Lipinski definition) is 6. The van der Waals surface area contributed by atoms with Gasteiger partial charge in [0, 0.05) is 17.5 Å². The first kappa shape index (κ1) is 17.3. The lowest BCUT2D eigenvalue weighted by atomic mass is 10.1. The number of furan rings is 1. The Morgan fingerprint density at radius 3 is 2.67 bits per heavy atom. The van der Waals surface area contributed by atoms with Crippen LogP contribution in [0.3, 0.4) is 0 Å². The summed E-state index contributed by atoms with van der Waals surface area (Å²) < 4.78 is 15.5. The smallest absolute Gasteiger partial charge is 0.375 e. The molecular weight excluding hydrogens is 316 g/mol. The highest BCUT2D eigenvalue weighted by Gasteiger charge is 2.20. The molecule has 0 saturated carbocycles. The minimum Gasteiger partial charge on any atom is -0.497 e. The molecule has 128 valence electrons. The molecule has 0 aliphatic rings. The van der Waals surface area contributed by atoms with E-state index in [1.807, 2.05) is 5.32 Å². The van der Waals surface area contributed by atoms with Crippen molar-refractivity contribution in [3.8, 4) is 5.75 Å². The molecular formula is C16H18N2O6. The van der Waals surface area contributed by atoms with Crippen LogP contribution in [0, 0.1) is 6.92 Å². The molecule has 0 spiro atoms. The predicted molar refractivity (Wildman–Crippen MR) is 85.0 cm³/mol. The SMILES string of the molecule is CCNC(=O)NC(=O)COC(=O)c1oc2ccc(OC)cc2c1C. The highest BCUT2D eigenvalue weighted by atomic mass is 16.5. The highest BCUT2D eigenvalue weighted by Crippen LogP contribution is 2.29. The van der Waals surface area contributed by atoms with Gasteiger partial charge in [-0.2, -0.15) is 0 Å². The van der Waals surface area contributed by atoms with E-state index in [2.05, 4.69) is 5.32 Å². The average Bonchev–Trinajstić information content (AvgIpc) is 2.89. The van der Waals surface area contributed by atoms with Gasteiger partial charge in [0.2, 0.25) is 5.76 Å². The lowest BCUT2D eigenvalue weighted by Gasteiger charge is -2.05. The summed E-state index contributed by atoms with van der Waals surface area (Å²) >= 11 is 0. The number of nitrogens with one attached hydrogen (secondary N) is 2. The first-order chi connectivity index (χ1) is 11.5. The fourth-order valence-electron chi connectivity index (χ4n) is 2.09. The molecule has 0 aliphatic heterocycles. The van der Waals surface area contributed by atoms with E-state index in [-0.39, 0.29) is 5.76 Å². The number of urea groups is 1. The van der Waals surface area contributed by atoms with Crippen LogP contribution in [-0.2, 0) is 9.53 Å². The zero-order valence-corrected chi connectivity index (χ0v) is 13.6. The first-order valence-electron chi connectivity index (χ1n) is 7.28. The number of methoxy groups -OCH3 is 1. The molecule has 1 heterocycles. The summed E-state index contributed by atoms with van der Waals surface area (Å²) in [6, 6.07) is 4.48. The van der Waals surface area contributed by atoms with Gasteiger partial charge in [0.15, 0.2) is 6.61 Å². The fraction of sp³-hybridized carbons (Fsp3) is 0.312. The monoisotopic (exact) mass is 334 g/mol. The van der Waals surface area contributed by atoms with Crippen LogP contribution in [0.4, 0.5) is 4.79 Å². The van der Waals surface area contributed by atoms with Gasteiger partial charge in [-0.1, -0.05) is 0 Å². The Morgan fingerprint density at radius 1 is 1.25 bits per heavy atom. The molecule has 2 rings (SSSR count). The van der Waals surface area contributed by atoms with Crippen molar-refractivity contribution in [2.75, 3.05) is 20.3 Å². The number of amides is 3. The van der Waals surface area contributed by atoms with E-state index in [1.165, 1.54) is 0 Å². The summed E-state index contributed by atoms with van der Waals surface area (Å²) in [4.78, 5) is 34.8. The van der Waals surface area contributed by atoms with Crippen LogP contribution in [0.15, 0.2) is 22.6 Å². The lowest BCUT2D eigenvalue weighted by Crippen LogP contribution is -2.41. The topological polar surface area (TPSA) is 107 Å². The van der Waals surface area contributed by atoms with Gasteiger partial charge in [-0.25, -0.2) is 9.59 Å². The Labute approximate surface area is 138 Å². The van der Waals surface area contributed by atoms with E-state index in [0.717, 1.165) is 0 Å². The number of aryl methyl sites for hydroxylation is 1. The molecule has 0 radical (unpaired) electrons. The Kier molecular flexibility index (Phi) is 5.41. The Morgan fingerprint density at radius 2 is 2.00 bits per heavy atom. The molecule has 8 heteroatoms. The predicted octanol–water partition coefficient (Wildman–Crippen LogP) is 1.75. The summed E-state index contributed by atoms with van der Waals surface area (Å²) in [5.41, 5.74) is 1.09. The summed E-state index contributed by atoms with van der Waals surface area (Å²) in [7, 11) is 1.54. The van der Waals surface area contributed by atoms with Crippen molar-refractivity contribution in [2.24, 2.45) is 0 Å². The Hall–Kier alpha value is -3.03. The molecule has 1 aromatic heterocycles. The van der Waals surface area contributed by atoms with Gasteiger partial charge in [-0.15, -0.1) is 0 Å². The van der Waals surface area contributed by atoms with Crippen LogP contribution in [-0.4, -0.2) is 38.2 Å². The van der Waals surface area contributed by atoms with Crippen molar-refractivity contribution in [1.29, 1.82) is 0 Å². The summed E-state index contributed by atoms with van der Waals surface area (Å²) in [6.45, 7) is 3.20. The molecule has 0 unspecified atom stereocenters. The van der Waals surface area contributed by atoms with E-state index in [0.29, 0.717) is 28.8 Å². The number of imide groups is 1. The zero-order valence-electron chi connectivity index (χ0n) is 13.6. The van der Waals surface area contributed by atoms with Gasteiger partial charge < -0.3 is 19.2 Å². The summed E-state index contributed by atoms with van der Waals surface area (Å²) in [5, 5.41) is 5.14. The number of esters is 1. The molecule has 8 nitrogen and oxygen atoms in total. The van der Waals surface area contributed by atoms with Crippen molar-refractivity contribution in [2.45, 2.75) is 13.8 Å². The Bertz CT molecular complexity index is 780. The van der Waals surface area contributed by atoms with Crippen molar-refractivity contribution in [1.82, 2.24) is 10.6 Å². The maximum absolute atomic E-state index is 12.1. The number of ether oxygens (including phenoxy) is 2. The number of hydrogen-bond donors (Lipinski definition) is 2. The van der Waals surface area contributed by atoms with E-state index in [4.69, 9.17) is 13.9 Å². The lowest BCUT2D eigenvalue weighted by molar-refractivity contribution is -0.123. The highest BCUT2D eigenvalue weighted by molar-refractivity contribution is 5.99. The van der Waals surface area contributed by atoms with Crippen LogP contribution < -0.4 is 15.4 Å². The van der Waals surface area contributed by atoms with Crippen LogP contribution in [0.1, 0.15) is 23.0 Å². The molecule has 0 fully saturated rings. The van der Waals surface area contributed by atoms with E-state index >= 15 is 0 Å². The molecule has 0 aliphatic carbocycles. The minimum atomic E-state index is -0.784. The van der Waals surface area contributed by atoms with Gasteiger partial charge in [-0.05, 0) is 32.0 Å². The van der Waals surface area contributed by atoms with Gasteiger partial charge >= 0.3 is 12.0 Å². The molecule has 0 atom stereocenters. The molecule has 0 bridgehead atoms. The number of rotatable bonds is 5. The third-order valence-electron chi connectivity index (χ3n) is 3.25. The second-order valence-corrected chi connectivity index (χ2v) is 4.90. The fourth-order valence-corrected chi connectivity index (χ4v) is 2.09. The van der Waals surface area contributed by atoms with Crippen molar-refractivity contribution in [3.63, 3.8) is 0 Å². The molecule has 2 aromatic rings. The maximum atomic E-state index is 12.1. The normalized spacial score (nSPS) is 10.3. The van der Waals surface area contributed by atoms with Crippen molar-refractivity contribution >= 4 is 28.9 Å². The summed E-state index contributed by atoms with van der Waals surface area (Å²) in [5.74, 6) is -0.879. The van der Waals surface area contributed by atoms with Crippen LogP contribution in [0.25, 0.3) is 11.0 Å². The number of carbonyl (C=O) groups is 3. The molecule has 2 N–H and O–H groups in total. The summed E-state index contributed by atoms with van der Waals surface area (Å²) in [6.07, 6.45) is 0. The van der Waals surface area contributed by atoms with Crippen molar-refractivity contribution in [3.05, 3.63) is 29.5 Å². The second kappa shape index (κ2) is 7.49. The third kappa shape index (κ3) is 3.83. The van der Waals surface area contributed by atoms with Gasteiger partial charge in [0.1, 0.15) is 11.3 Å². The van der Waals surface area contributed by atoms with Crippen molar-refractivity contribution < 1.29 is 28.3 Å². The number of fused-ring (bicyclic) bond motifs is 1. The zero-order chi connectivity index (χ0) is 17.7. The van der Waals surface area contributed by atoms with E-state index in [1.54, 1.807) is 39.2 Å². The van der Waals surface area contributed by atoms with E-state index < -0.39 is 24.5 Å². The Balaban J connectivity index is 2.05. The van der Waals surface area contributed by atoms with E-state index in [9.17, 15) is 14.4 Å². The maximum Gasteiger partial charge on any atom is 0.375 e. The van der Waals surface area contributed by atoms with Gasteiger partial charge in [-0.3, -0.25) is 10.1 Å². The van der Waals surface area contributed by atoms with Crippen LogP contribution in [0.5, 0.6) is 5.75 Å². The molecule has 24 heavy (non-hydrogen) atoms. The number of benzene rings is 1. The molecule has 3 amide bonds. The first-order valence-corrected chi connectivity index (χ1v) is 7.28. The largest absolute Gasteiger partial charge is 0.497 e. The second-order valence-electron chi connectivity index (χ2n) is 4.90. The minimum absolute atomic E-state index is 0.00376. The molecule has 0 saturated heterocycles. The van der Waals surface area contributed by atoms with Crippen LogP contribution >= 0.6 is 0 Å². The quantitative estimate of drug-likeness (QED) is 0.807.